The van der Waals surface area contributed by atoms with Crippen LogP contribution in [0.3, 0.4) is 0 Å². The third kappa shape index (κ3) is 19.1. The summed E-state index contributed by atoms with van der Waals surface area (Å²) in [6, 6.07) is 37.0. The molecule has 4 atom stereocenters. The lowest BCUT2D eigenvalue weighted by molar-refractivity contribution is 0.0162. The molecule has 0 saturated carbocycles. The summed E-state index contributed by atoms with van der Waals surface area (Å²) in [4.78, 5) is 31.0. The van der Waals surface area contributed by atoms with Crippen LogP contribution in [0.15, 0.2) is 131 Å². The molecule has 22 heteroatoms. The smallest absolute Gasteiger partial charge is 0.251 e. The predicted octanol–water partition coefficient (Wildman–Crippen LogP) is 6.26. The Bertz CT molecular complexity index is 2920. The van der Waals surface area contributed by atoms with Crippen LogP contribution in [0.4, 0.5) is 0 Å². The molecule has 86 heavy (non-hydrogen) atoms. The normalized spacial score (nSPS) is 19.0. The van der Waals surface area contributed by atoms with Crippen LogP contribution in [0, 0.1) is 0 Å². The Labute approximate surface area is 507 Å². The van der Waals surface area contributed by atoms with E-state index in [0.29, 0.717) is 62.3 Å². The molecular weight excluding hydrogens is 1140 g/mol. The summed E-state index contributed by atoms with van der Waals surface area (Å²) in [7, 11) is -7.49. The minimum atomic E-state index is -3.75. The van der Waals surface area contributed by atoms with Crippen LogP contribution in [-0.4, -0.2) is 182 Å². The SMILES string of the molecule is O=C(NCCOCCOCCOCCNS(=O)(=O)c1ccc(O[C@H]2c3ccccc3CC2N2CCCCC2)cc1)c1cccc(C(=O)NCCOCCOCCOCCNS(=O)(=O)c2ccc(O[C@H]3c4ccccc4C[C@@H]3N3CCCCC3)cc2)c1. The van der Waals surface area contributed by atoms with Gasteiger partial charge in [0.05, 0.1) is 101 Å². The van der Waals surface area contributed by atoms with Crippen molar-refractivity contribution < 1.29 is 64.3 Å². The molecule has 0 aromatic heterocycles. The summed E-state index contributed by atoms with van der Waals surface area (Å²) >= 11 is 0. The van der Waals surface area contributed by atoms with E-state index in [0.717, 1.165) is 39.0 Å². The highest BCUT2D eigenvalue weighted by Crippen LogP contribution is 2.41. The van der Waals surface area contributed by atoms with Crippen molar-refractivity contribution in [2.24, 2.45) is 0 Å². The number of carbonyl (C=O) groups excluding carboxylic acids is 2. The first kappa shape index (κ1) is 64.6. The molecule has 0 spiro atoms. The fourth-order valence-electron chi connectivity index (χ4n) is 11.4. The van der Waals surface area contributed by atoms with E-state index in [2.05, 4.69) is 66.3 Å². The number of amides is 2. The number of hydrogen-bond acceptors (Lipinski definition) is 16. The van der Waals surface area contributed by atoms with Crippen molar-refractivity contribution in [1.82, 2.24) is 29.9 Å². The maximum Gasteiger partial charge on any atom is 0.251 e. The molecule has 4 aliphatic rings. The van der Waals surface area contributed by atoms with Gasteiger partial charge in [-0.2, -0.15) is 0 Å². The molecule has 466 valence electrons. The molecule has 0 bridgehead atoms. The molecule has 0 radical (unpaired) electrons. The number of ether oxygens (including phenoxy) is 8. The maximum absolute atomic E-state index is 13.0. The summed E-state index contributed by atoms with van der Waals surface area (Å²) in [6.45, 7) is 8.20. The number of sulfonamides is 2. The first-order valence-corrected chi connectivity index (χ1v) is 33.3. The average molecular weight is 1230 g/mol. The molecule has 5 aromatic rings. The van der Waals surface area contributed by atoms with Crippen LogP contribution >= 0.6 is 0 Å². The van der Waals surface area contributed by atoms with Gasteiger partial charge >= 0.3 is 0 Å². The minimum absolute atomic E-state index is 0.101. The van der Waals surface area contributed by atoms with Crippen LogP contribution in [0.5, 0.6) is 11.5 Å². The number of carbonyl (C=O) groups is 2. The molecule has 9 rings (SSSR count). The molecule has 2 heterocycles. The van der Waals surface area contributed by atoms with E-state index < -0.39 is 20.0 Å². The Morgan fingerprint density at radius 3 is 1.14 bits per heavy atom. The zero-order valence-electron chi connectivity index (χ0n) is 49.1. The Balaban J connectivity index is 0.540. The molecule has 5 aromatic carbocycles. The summed E-state index contributed by atoms with van der Waals surface area (Å²) in [6.07, 6.45) is 8.98. The van der Waals surface area contributed by atoms with E-state index in [-0.39, 0.29) is 112 Å². The van der Waals surface area contributed by atoms with Crippen molar-refractivity contribution in [3.05, 3.63) is 155 Å². The number of piperidine rings is 2. The van der Waals surface area contributed by atoms with Crippen molar-refractivity contribution >= 4 is 31.9 Å². The van der Waals surface area contributed by atoms with Gasteiger partial charge in [-0.1, -0.05) is 67.4 Å². The summed E-state index contributed by atoms with van der Waals surface area (Å²) in [5, 5.41) is 5.58. The van der Waals surface area contributed by atoms with Crippen LogP contribution < -0.4 is 29.6 Å². The van der Waals surface area contributed by atoms with Crippen LogP contribution in [0.25, 0.3) is 0 Å². The van der Waals surface area contributed by atoms with Gasteiger partial charge in [0, 0.05) is 37.3 Å². The second-order valence-electron chi connectivity index (χ2n) is 21.7. The van der Waals surface area contributed by atoms with Crippen molar-refractivity contribution in [2.45, 2.75) is 85.4 Å². The Morgan fingerprint density at radius 1 is 0.407 bits per heavy atom. The van der Waals surface area contributed by atoms with Gasteiger partial charge in [-0.05, 0) is 154 Å². The Hall–Kier alpha value is -5.86. The van der Waals surface area contributed by atoms with Crippen molar-refractivity contribution in [3.63, 3.8) is 0 Å². The fourth-order valence-corrected chi connectivity index (χ4v) is 13.4. The van der Waals surface area contributed by atoms with Crippen molar-refractivity contribution in [2.75, 3.05) is 132 Å². The number of fused-ring (bicyclic) bond motifs is 2. The zero-order chi connectivity index (χ0) is 59.8. The van der Waals surface area contributed by atoms with E-state index >= 15 is 0 Å². The lowest BCUT2D eigenvalue weighted by Crippen LogP contribution is -2.43. The summed E-state index contributed by atoms with van der Waals surface area (Å²) in [5.41, 5.74) is 5.68. The molecule has 20 nitrogen and oxygen atoms in total. The van der Waals surface area contributed by atoms with Gasteiger partial charge in [0.2, 0.25) is 20.0 Å². The first-order chi connectivity index (χ1) is 42.0. The standard InChI is InChI=1S/C64H84N6O14S2/c71-63(65-26-34-77-38-42-81-44-40-79-36-28-67-85(73,74)55-22-18-53(19-23-55)83-61-57-16-5-3-12-49(57)47-59(61)69-30-7-1-8-31-69)51-14-11-15-52(46-51)64(72)66-27-35-78-39-43-82-45-41-80-37-29-68-86(75,76)56-24-20-54(21-25-56)84-62-58-17-6-4-13-50(58)48-60(62)70-32-9-2-10-33-70/h3-6,11-25,46,59-62,67-68H,1-2,7-10,26-45,47-48H2,(H,65,71)(H,66,72)/t59-,60?,61-,62-/m0/s1. The van der Waals surface area contributed by atoms with E-state index in [1.165, 1.54) is 66.8 Å². The third-order valence-corrected chi connectivity index (χ3v) is 18.8. The molecule has 2 saturated heterocycles. The van der Waals surface area contributed by atoms with Crippen LogP contribution in [0.1, 0.15) is 93.7 Å². The highest BCUT2D eigenvalue weighted by molar-refractivity contribution is 7.89. The highest BCUT2D eigenvalue weighted by Gasteiger charge is 2.40. The molecule has 2 aliphatic carbocycles. The van der Waals surface area contributed by atoms with Crippen molar-refractivity contribution in [1.29, 1.82) is 0 Å². The molecular formula is C64H84N6O14S2. The number of benzene rings is 5. The van der Waals surface area contributed by atoms with Gasteiger partial charge in [0.1, 0.15) is 23.7 Å². The molecule has 2 fully saturated rings. The summed E-state index contributed by atoms with van der Waals surface area (Å²) < 4.78 is 104. The van der Waals surface area contributed by atoms with Gasteiger partial charge in [-0.3, -0.25) is 19.4 Å². The zero-order valence-corrected chi connectivity index (χ0v) is 50.7. The maximum atomic E-state index is 13.0. The Kier molecular flexibility index (Phi) is 25.2. The van der Waals surface area contributed by atoms with Crippen molar-refractivity contribution in [3.8, 4) is 11.5 Å². The number of hydrogen-bond donors (Lipinski definition) is 4. The highest BCUT2D eigenvalue weighted by atomic mass is 32.2. The van der Waals surface area contributed by atoms with Crippen LogP contribution in [-0.2, 0) is 61.3 Å². The topological polar surface area (TPSA) is 231 Å². The molecule has 1 unspecified atom stereocenters. The quantitative estimate of drug-likeness (QED) is 0.0324. The second kappa shape index (κ2) is 33.5. The van der Waals surface area contributed by atoms with Gasteiger partial charge in [-0.15, -0.1) is 0 Å². The lowest BCUT2D eigenvalue weighted by atomic mass is 10.0. The predicted molar refractivity (Wildman–Crippen MR) is 325 cm³/mol. The van der Waals surface area contributed by atoms with E-state index in [4.69, 9.17) is 37.9 Å². The molecule has 2 amide bonds. The van der Waals surface area contributed by atoms with E-state index in [1.807, 2.05) is 12.1 Å². The van der Waals surface area contributed by atoms with Gasteiger partial charge in [0.15, 0.2) is 0 Å². The van der Waals surface area contributed by atoms with E-state index in [1.54, 1.807) is 66.7 Å². The summed E-state index contributed by atoms with van der Waals surface area (Å²) in [5.74, 6) is 0.579. The second-order valence-corrected chi connectivity index (χ2v) is 25.2. The monoisotopic (exact) mass is 1220 g/mol. The van der Waals surface area contributed by atoms with Crippen LogP contribution in [0.2, 0.25) is 0 Å². The average Bonchev–Trinajstić information content (AvgIpc) is 2.11. The minimum Gasteiger partial charge on any atom is -0.484 e. The van der Waals surface area contributed by atoms with E-state index in [9.17, 15) is 26.4 Å². The number of nitrogens with zero attached hydrogens (tertiary/aromatic N) is 2. The number of likely N-dealkylation sites (tertiary alicyclic amines) is 2. The number of nitrogens with one attached hydrogen (secondary N) is 4. The largest absolute Gasteiger partial charge is 0.484 e. The lowest BCUT2D eigenvalue weighted by Gasteiger charge is -2.35. The number of rotatable bonds is 36. The molecule has 2 aliphatic heterocycles. The van der Waals surface area contributed by atoms with Gasteiger partial charge in [0.25, 0.3) is 11.8 Å². The first-order valence-electron chi connectivity index (χ1n) is 30.3. The Morgan fingerprint density at radius 2 is 0.756 bits per heavy atom. The van der Waals surface area contributed by atoms with Gasteiger partial charge in [-0.25, -0.2) is 26.3 Å². The van der Waals surface area contributed by atoms with Gasteiger partial charge < -0.3 is 48.5 Å². The third-order valence-electron chi connectivity index (χ3n) is 15.8. The molecule has 4 N–H and O–H groups in total. The fraction of sp³-hybridized carbons (Fsp3) is 0.500.